The zero-order chi connectivity index (χ0) is 11.4. The van der Waals surface area contributed by atoms with Crippen LogP contribution in [0.2, 0.25) is 0 Å². The molecule has 1 N–H and O–H groups in total. The van der Waals surface area contributed by atoms with Crippen LogP contribution in [0.3, 0.4) is 0 Å². The Balaban J connectivity index is 4.13. The Morgan fingerprint density at radius 1 is 1.43 bits per heavy atom. The third-order valence-corrected chi connectivity index (χ3v) is 1.25. The molecule has 0 saturated carbocycles. The van der Waals surface area contributed by atoms with Gasteiger partial charge in [-0.15, -0.1) is 0 Å². The Morgan fingerprint density at radius 3 is 2.29 bits per heavy atom. The molecule has 7 heteroatoms. The number of nitrogens with one attached hydrogen (secondary N) is 1. The van der Waals surface area contributed by atoms with Gasteiger partial charge in [0.2, 0.25) is 0 Å². The molecule has 0 rings (SSSR count). The number of esters is 1. The summed E-state index contributed by atoms with van der Waals surface area (Å²) in [6.07, 6.45) is -4.99. The van der Waals surface area contributed by atoms with E-state index in [4.69, 9.17) is 0 Å². The number of alkyl halides is 3. The quantitative estimate of drug-likeness (QED) is 0.699. The molecule has 0 radical (unpaired) electrons. The van der Waals surface area contributed by atoms with E-state index in [-0.39, 0.29) is 6.61 Å². The monoisotopic (exact) mass is 213 g/mol. The Labute approximate surface area is 78.4 Å². The van der Waals surface area contributed by atoms with Crippen molar-refractivity contribution < 1.29 is 27.5 Å². The van der Waals surface area contributed by atoms with Crippen molar-refractivity contribution in [2.45, 2.75) is 26.1 Å². The fourth-order valence-electron chi connectivity index (χ4n) is 0.605. The van der Waals surface area contributed by atoms with Crippen LogP contribution in [0, 0.1) is 0 Å². The maximum absolute atomic E-state index is 11.7. The topological polar surface area (TPSA) is 55.4 Å². The summed E-state index contributed by atoms with van der Waals surface area (Å²) < 4.78 is 39.5. The van der Waals surface area contributed by atoms with Crippen LogP contribution in [0.25, 0.3) is 0 Å². The van der Waals surface area contributed by atoms with Gasteiger partial charge in [0.05, 0.1) is 6.61 Å². The van der Waals surface area contributed by atoms with Crippen LogP contribution in [-0.4, -0.2) is 30.7 Å². The molecular formula is C7H10F3NO3. The number of halogens is 3. The SMILES string of the molecule is CCOC(=O)C(C)NC(=O)C(F)(F)F. The van der Waals surface area contributed by atoms with Crippen molar-refractivity contribution in [1.29, 1.82) is 0 Å². The van der Waals surface area contributed by atoms with E-state index in [2.05, 4.69) is 4.74 Å². The number of hydrogen-bond donors (Lipinski definition) is 1. The smallest absolute Gasteiger partial charge is 0.464 e. The number of ether oxygens (including phenoxy) is 1. The second kappa shape index (κ2) is 4.83. The normalized spacial score (nSPS) is 13.2. The van der Waals surface area contributed by atoms with Crippen LogP contribution in [0.1, 0.15) is 13.8 Å². The number of rotatable bonds is 3. The van der Waals surface area contributed by atoms with Crippen molar-refractivity contribution in [3.8, 4) is 0 Å². The van der Waals surface area contributed by atoms with E-state index in [0.717, 1.165) is 6.92 Å². The summed E-state index contributed by atoms with van der Waals surface area (Å²) in [5.74, 6) is -3.05. The lowest BCUT2D eigenvalue weighted by molar-refractivity contribution is -0.175. The Hall–Kier alpha value is -1.27. The predicted molar refractivity (Wildman–Crippen MR) is 40.3 cm³/mol. The van der Waals surface area contributed by atoms with Crippen molar-refractivity contribution in [3.05, 3.63) is 0 Å². The average Bonchev–Trinajstić information content (AvgIpc) is 2.02. The first-order valence-corrected chi connectivity index (χ1v) is 3.83. The molecule has 1 amide bonds. The van der Waals surface area contributed by atoms with Crippen molar-refractivity contribution in [1.82, 2.24) is 5.32 Å². The second-order valence-electron chi connectivity index (χ2n) is 2.44. The van der Waals surface area contributed by atoms with Crippen LogP contribution < -0.4 is 5.32 Å². The van der Waals surface area contributed by atoms with Gasteiger partial charge >= 0.3 is 18.1 Å². The third kappa shape index (κ3) is 4.11. The number of amides is 1. The minimum absolute atomic E-state index is 0.0467. The fraction of sp³-hybridized carbons (Fsp3) is 0.714. The summed E-state index contributed by atoms with van der Waals surface area (Å²) in [4.78, 5) is 21.1. The minimum Gasteiger partial charge on any atom is -0.464 e. The average molecular weight is 213 g/mol. The van der Waals surface area contributed by atoms with Crippen molar-refractivity contribution in [2.75, 3.05) is 6.61 Å². The number of hydrogen-bond acceptors (Lipinski definition) is 3. The van der Waals surface area contributed by atoms with Gasteiger partial charge in [-0.1, -0.05) is 0 Å². The summed E-state index contributed by atoms with van der Waals surface area (Å²) in [5, 5.41) is 1.47. The first-order valence-electron chi connectivity index (χ1n) is 3.83. The molecule has 14 heavy (non-hydrogen) atoms. The summed E-state index contributed by atoms with van der Waals surface area (Å²) in [6, 6.07) is -1.30. The molecule has 4 nitrogen and oxygen atoms in total. The van der Waals surface area contributed by atoms with Gasteiger partial charge in [0, 0.05) is 0 Å². The molecule has 0 aliphatic carbocycles. The molecule has 0 bridgehead atoms. The van der Waals surface area contributed by atoms with E-state index in [1.54, 1.807) is 0 Å². The first kappa shape index (κ1) is 12.7. The molecule has 0 aromatic carbocycles. The standard InChI is InChI=1S/C7H10F3NO3/c1-3-14-5(12)4(2)11-6(13)7(8,9)10/h4H,3H2,1-2H3,(H,11,13). The van der Waals surface area contributed by atoms with E-state index in [1.807, 2.05) is 0 Å². The van der Waals surface area contributed by atoms with Crippen LogP contribution in [0.15, 0.2) is 0 Å². The van der Waals surface area contributed by atoms with Gasteiger partial charge < -0.3 is 10.1 Å². The zero-order valence-corrected chi connectivity index (χ0v) is 7.64. The Bertz CT molecular complexity index is 227. The summed E-state index contributed by atoms with van der Waals surface area (Å²) in [5.41, 5.74) is 0. The fourth-order valence-corrected chi connectivity index (χ4v) is 0.605. The van der Waals surface area contributed by atoms with Gasteiger partial charge in [0.15, 0.2) is 0 Å². The molecule has 0 aliphatic heterocycles. The predicted octanol–water partition coefficient (Wildman–Crippen LogP) is 0.616. The second-order valence-corrected chi connectivity index (χ2v) is 2.44. The van der Waals surface area contributed by atoms with Crippen LogP contribution in [0.4, 0.5) is 13.2 Å². The highest BCUT2D eigenvalue weighted by atomic mass is 19.4. The number of carbonyl (C=O) groups excluding carboxylic acids is 2. The van der Waals surface area contributed by atoms with Crippen LogP contribution in [0.5, 0.6) is 0 Å². The van der Waals surface area contributed by atoms with Crippen molar-refractivity contribution in [2.24, 2.45) is 0 Å². The van der Waals surface area contributed by atoms with E-state index in [0.29, 0.717) is 0 Å². The first-order chi connectivity index (χ1) is 6.29. The maximum atomic E-state index is 11.7. The maximum Gasteiger partial charge on any atom is 0.471 e. The molecule has 0 heterocycles. The molecule has 0 fully saturated rings. The van der Waals surface area contributed by atoms with Crippen LogP contribution >= 0.6 is 0 Å². The highest BCUT2D eigenvalue weighted by Gasteiger charge is 2.40. The lowest BCUT2D eigenvalue weighted by Crippen LogP contribution is -2.45. The lowest BCUT2D eigenvalue weighted by Gasteiger charge is -2.13. The molecular weight excluding hydrogens is 203 g/mol. The zero-order valence-electron chi connectivity index (χ0n) is 7.64. The van der Waals surface area contributed by atoms with Gasteiger partial charge in [0.25, 0.3) is 0 Å². The molecule has 1 unspecified atom stereocenters. The molecule has 0 aromatic heterocycles. The minimum atomic E-state index is -4.99. The molecule has 0 aliphatic rings. The van der Waals surface area contributed by atoms with E-state index >= 15 is 0 Å². The molecule has 1 atom stereocenters. The molecule has 0 spiro atoms. The lowest BCUT2D eigenvalue weighted by atomic mass is 10.3. The Morgan fingerprint density at radius 2 is 1.93 bits per heavy atom. The van der Waals surface area contributed by atoms with E-state index in [1.165, 1.54) is 12.2 Å². The van der Waals surface area contributed by atoms with Crippen molar-refractivity contribution in [3.63, 3.8) is 0 Å². The number of carbonyl (C=O) groups is 2. The Kier molecular flexibility index (Phi) is 4.39. The van der Waals surface area contributed by atoms with Gasteiger partial charge in [0.1, 0.15) is 6.04 Å². The molecule has 0 aromatic rings. The highest BCUT2D eigenvalue weighted by Crippen LogP contribution is 2.14. The molecule has 0 saturated heterocycles. The molecule has 82 valence electrons. The summed E-state index contributed by atoms with van der Waals surface area (Å²) >= 11 is 0. The van der Waals surface area contributed by atoms with Gasteiger partial charge in [-0.25, -0.2) is 4.79 Å². The van der Waals surface area contributed by atoms with E-state index in [9.17, 15) is 22.8 Å². The highest BCUT2D eigenvalue weighted by molar-refractivity contribution is 5.87. The van der Waals surface area contributed by atoms with Gasteiger partial charge in [-0.3, -0.25) is 4.79 Å². The summed E-state index contributed by atoms with van der Waals surface area (Å²) in [7, 11) is 0. The van der Waals surface area contributed by atoms with Gasteiger partial charge in [-0.05, 0) is 13.8 Å². The van der Waals surface area contributed by atoms with Gasteiger partial charge in [-0.2, -0.15) is 13.2 Å². The summed E-state index contributed by atoms with van der Waals surface area (Å²) in [6.45, 7) is 2.67. The van der Waals surface area contributed by atoms with Crippen molar-refractivity contribution >= 4 is 11.9 Å². The third-order valence-electron chi connectivity index (χ3n) is 1.25. The van der Waals surface area contributed by atoms with Crippen LogP contribution in [-0.2, 0) is 14.3 Å². The van der Waals surface area contributed by atoms with E-state index < -0.39 is 24.1 Å². The largest absolute Gasteiger partial charge is 0.471 e.